The molecule has 0 aromatic rings. The maximum atomic E-state index is 13.4. The van der Waals surface area contributed by atoms with E-state index in [9.17, 15) is 9.90 Å². The van der Waals surface area contributed by atoms with Crippen LogP contribution in [0.15, 0.2) is 37.5 Å². The average molecular weight is 461 g/mol. The van der Waals surface area contributed by atoms with Crippen LogP contribution in [-0.4, -0.2) is 35.0 Å². The second-order valence-electron chi connectivity index (χ2n) is 12.1. The number of ether oxygens (including phenoxy) is 2. The maximum absolute atomic E-state index is 13.4. The highest BCUT2D eigenvalue weighted by atomic mass is 16.6. The number of hydrogen-bond acceptors (Lipinski definition) is 4. The minimum absolute atomic E-state index is 0.0208. The van der Waals surface area contributed by atoms with Crippen LogP contribution in [0.5, 0.6) is 0 Å². The van der Waals surface area contributed by atoms with Gasteiger partial charge in [-0.3, -0.25) is 4.79 Å². The fourth-order valence-corrected chi connectivity index (χ4v) is 4.93. The lowest BCUT2D eigenvalue weighted by Gasteiger charge is -2.47. The highest BCUT2D eigenvalue weighted by Crippen LogP contribution is 2.43. The zero-order valence-electron chi connectivity index (χ0n) is 22.0. The zero-order valence-corrected chi connectivity index (χ0v) is 22.0. The predicted octanol–water partition coefficient (Wildman–Crippen LogP) is 6.78. The Balaban J connectivity index is 2.15. The van der Waals surface area contributed by atoms with E-state index in [1.165, 1.54) is 0 Å². The number of carbonyl (C=O) groups excluding carboxylic acids is 1. The summed E-state index contributed by atoms with van der Waals surface area (Å²) >= 11 is 0. The zero-order chi connectivity index (χ0) is 25.0. The van der Waals surface area contributed by atoms with Gasteiger partial charge in [-0.1, -0.05) is 38.2 Å². The van der Waals surface area contributed by atoms with E-state index < -0.39 is 17.1 Å². The van der Waals surface area contributed by atoms with E-state index in [1.807, 2.05) is 32.9 Å². The first-order valence-electron chi connectivity index (χ1n) is 12.7. The Hall–Kier alpha value is -1.39. The quantitative estimate of drug-likeness (QED) is 0.288. The lowest BCUT2D eigenvalue weighted by molar-refractivity contribution is -0.212. The Morgan fingerprint density at radius 3 is 2.33 bits per heavy atom. The second kappa shape index (κ2) is 10.9. The van der Waals surface area contributed by atoms with Gasteiger partial charge in [-0.2, -0.15) is 0 Å². The fourth-order valence-electron chi connectivity index (χ4n) is 4.93. The van der Waals surface area contributed by atoms with Crippen molar-refractivity contribution < 1.29 is 19.4 Å². The van der Waals surface area contributed by atoms with Gasteiger partial charge in [0.05, 0.1) is 23.7 Å². The van der Waals surface area contributed by atoms with Crippen molar-refractivity contribution in [2.24, 2.45) is 22.7 Å². The molecule has 2 saturated carbocycles. The Labute approximate surface area is 202 Å². The standard InChI is InChI=1S/C29H48O4/c1-10-21-12-13-24(23(30)18-21)32-25-19-22(20(3)4)14-15-29(25,9)33-26(31)28(7,8)17-16-27(5,6)11-2/h10-11,21-25,30H,1-3,12-19H2,4-9H3. The Morgan fingerprint density at radius 1 is 1.12 bits per heavy atom. The Kier molecular flexibility index (Phi) is 9.20. The van der Waals surface area contributed by atoms with Crippen molar-refractivity contribution in [3.63, 3.8) is 0 Å². The van der Waals surface area contributed by atoms with Crippen LogP contribution in [0.2, 0.25) is 0 Å². The summed E-state index contributed by atoms with van der Waals surface area (Å²) < 4.78 is 12.8. The average Bonchev–Trinajstić information content (AvgIpc) is 2.75. The molecule has 188 valence electrons. The maximum Gasteiger partial charge on any atom is 0.312 e. The lowest BCUT2D eigenvalue weighted by atomic mass is 9.74. The third-order valence-corrected chi connectivity index (χ3v) is 8.16. The Morgan fingerprint density at radius 2 is 1.79 bits per heavy atom. The summed E-state index contributed by atoms with van der Waals surface area (Å²) in [4.78, 5) is 13.4. The van der Waals surface area contributed by atoms with Crippen LogP contribution in [-0.2, 0) is 14.3 Å². The summed E-state index contributed by atoms with van der Waals surface area (Å²) in [6.07, 6.45) is 9.28. The summed E-state index contributed by atoms with van der Waals surface area (Å²) in [5, 5.41) is 10.7. The molecule has 0 aromatic carbocycles. The molecular formula is C29H48O4. The molecule has 0 bridgehead atoms. The molecular weight excluding hydrogens is 412 g/mol. The van der Waals surface area contributed by atoms with Crippen LogP contribution in [0, 0.1) is 22.7 Å². The number of esters is 1. The van der Waals surface area contributed by atoms with Gasteiger partial charge < -0.3 is 14.6 Å². The molecule has 33 heavy (non-hydrogen) atoms. The van der Waals surface area contributed by atoms with Crippen molar-refractivity contribution in [1.29, 1.82) is 0 Å². The molecule has 0 amide bonds. The van der Waals surface area contributed by atoms with Crippen LogP contribution in [0.3, 0.4) is 0 Å². The highest BCUT2D eigenvalue weighted by molar-refractivity contribution is 5.76. The van der Waals surface area contributed by atoms with Crippen LogP contribution < -0.4 is 0 Å². The van der Waals surface area contributed by atoms with Crippen LogP contribution in [0.1, 0.15) is 92.9 Å². The molecule has 2 fully saturated rings. The van der Waals surface area contributed by atoms with E-state index in [-0.39, 0.29) is 23.6 Å². The molecule has 0 spiro atoms. The van der Waals surface area contributed by atoms with Gasteiger partial charge in [-0.15, -0.1) is 13.2 Å². The highest BCUT2D eigenvalue weighted by Gasteiger charge is 2.48. The number of aliphatic hydroxyl groups excluding tert-OH is 1. The third-order valence-electron chi connectivity index (χ3n) is 8.16. The van der Waals surface area contributed by atoms with E-state index in [4.69, 9.17) is 9.47 Å². The van der Waals surface area contributed by atoms with Crippen molar-refractivity contribution in [2.45, 2.75) is 117 Å². The van der Waals surface area contributed by atoms with Gasteiger partial charge in [0.25, 0.3) is 0 Å². The Bertz CT molecular complexity index is 721. The molecule has 0 saturated heterocycles. The predicted molar refractivity (Wildman–Crippen MR) is 136 cm³/mol. The first kappa shape index (κ1) is 27.9. The van der Waals surface area contributed by atoms with E-state index in [1.54, 1.807) is 0 Å². The number of hydrogen-bond donors (Lipinski definition) is 1. The van der Waals surface area contributed by atoms with Crippen LogP contribution >= 0.6 is 0 Å². The normalized spacial score (nSPS) is 33.2. The monoisotopic (exact) mass is 460 g/mol. The molecule has 2 aliphatic rings. The second-order valence-corrected chi connectivity index (χ2v) is 12.1. The molecule has 0 radical (unpaired) electrons. The van der Waals surface area contributed by atoms with Crippen LogP contribution in [0.25, 0.3) is 0 Å². The van der Waals surface area contributed by atoms with Gasteiger partial charge >= 0.3 is 5.97 Å². The van der Waals surface area contributed by atoms with Crippen molar-refractivity contribution in [2.75, 3.05) is 0 Å². The minimum atomic E-state index is -0.719. The summed E-state index contributed by atoms with van der Waals surface area (Å²) in [6, 6.07) is 0. The van der Waals surface area contributed by atoms with Crippen LogP contribution in [0.4, 0.5) is 0 Å². The lowest BCUT2D eigenvalue weighted by Crippen LogP contribution is -2.53. The summed E-state index contributed by atoms with van der Waals surface area (Å²) in [5.41, 5.74) is -0.198. The van der Waals surface area contributed by atoms with Crippen molar-refractivity contribution in [3.8, 4) is 0 Å². The SMILES string of the molecule is C=CC1CCC(OC2CC(C(=C)C)CCC2(C)OC(=O)C(C)(C)CCC(C)(C)C=C)C(O)C1. The largest absolute Gasteiger partial charge is 0.456 e. The van der Waals surface area contributed by atoms with Crippen molar-refractivity contribution in [3.05, 3.63) is 37.5 Å². The van der Waals surface area contributed by atoms with Gasteiger partial charge in [0.15, 0.2) is 0 Å². The molecule has 0 heterocycles. The molecule has 4 nitrogen and oxygen atoms in total. The molecule has 6 atom stereocenters. The summed E-state index contributed by atoms with van der Waals surface area (Å²) in [5.74, 6) is 0.493. The van der Waals surface area contributed by atoms with Gasteiger partial charge in [0.2, 0.25) is 0 Å². The number of aliphatic hydroxyl groups is 1. The summed E-state index contributed by atoms with van der Waals surface area (Å²) in [6.45, 7) is 24.2. The smallest absolute Gasteiger partial charge is 0.312 e. The van der Waals surface area contributed by atoms with Gasteiger partial charge in [-0.05, 0) is 96.3 Å². The first-order valence-corrected chi connectivity index (χ1v) is 12.7. The summed E-state index contributed by atoms with van der Waals surface area (Å²) in [7, 11) is 0. The molecule has 1 N–H and O–H groups in total. The fraction of sp³-hybridized carbons (Fsp3) is 0.759. The van der Waals surface area contributed by atoms with Crippen molar-refractivity contribution >= 4 is 5.97 Å². The van der Waals surface area contributed by atoms with E-state index >= 15 is 0 Å². The number of allylic oxidation sites excluding steroid dienone is 3. The van der Waals surface area contributed by atoms with E-state index in [0.717, 1.165) is 50.5 Å². The molecule has 0 aliphatic heterocycles. The topological polar surface area (TPSA) is 55.8 Å². The van der Waals surface area contributed by atoms with E-state index in [2.05, 4.69) is 40.5 Å². The minimum Gasteiger partial charge on any atom is -0.456 e. The molecule has 2 aliphatic carbocycles. The molecule has 0 aromatic heterocycles. The third kappa shape index (κ3) is 7.29. The number of carbonyl (C=O) groups is 1. The van der Waals surface area contributed by atoms with Gasteiger partial charge in [-0.25, -0.2) is 0 Å². The first-order chi connectivity index (χ1) is 15.2. The van der Waals surface area contributed by atoms with E-state index in [0.29, 0.717) is 18.3 Å². The molecule has 2 rings (SSSR count). The van der Waals surface area contributed by atoms with Gasteiger partial charge in [0.1, 0.15) is 5.60 Å². The number of rotatable bonds is 10. The van der Waals surface area contributed by atoms with Gasteiger partial charge in [0, 0.05) is 0 Å². The molecule has 6 unspecified atom stereocenters. The molecule has 4 heteroatoms. The van der Waals surface area contributed by atoms with Crippen molar-refractivity contribution in [1.82, 2.24) is 0 Å².